The molecule has 0 bridgehead atoms. The Kier molecular flexibility index (Phi) is 1.59. The standard InChI is InChI=1S/C8H5ClN2O/c9-7-3-5(4-12)8-6(11-7)1-2-10-8/h1-4,10H. The van der Waals surface area contributed by atoms with Crippen molar-refractivity contribution in [3.05, 3.63) is 29.0 Å². The summed E-state index contributed by atoms with van der Waals surface area (Å²) in [6.07, 6.45) is 2.48. The molecule has 0 spiro atoms. The highest BCUT2D eigenvalue weighted by molar-refractivity contribution is 6.30. The quantitative estimate of drug-likeness (QED) is 0.539. The van der Waals surface area contributed by atoms with Gasteiger partial charge < -0.3 is 4.98 Å². The Bertz CT molecular complexity index is 436. The third-order valence-corrected chi connectivity index (χ3v) is 1.84. The Balaban J connectivity index is 2.88. The third-order valence-electron chi connectivity index (χ3n) is 1.64. The van der Waals surface area contributed by atoms with Gasteiger partial charge >= 0.3 is 0 Å². The summed E-state index contributed by atoms with van der Waals surface area (Å²) >= 11 is 5.68. The zero-order valence-electron chi connectivity index (χ0n) is 6.04. The lowest BCUT2D eigenvalue weighted by atomic mass is 10.2. The lowest BCUT2D eigenvalue weighted by Gasteiger charge is -1.94. The fourth-order valence-corrected chi connectivity index (χ4v) is 1.33. The van der Waals surface area contributed by atoms with Gasteiger partial charge in [-0.15, -0.1) is 0 Å². The Hall–Kier alpha value is -1.35. The SMILES string of the molecule is O=Cc1cc(Cl)nc2cc[nH]c12. The molecule has 2 aromatic rings. The number of H-pyrrole nitrogens is 1. The molecule has 0 aliphatic carbocycles. The van der Waals surface area contributed by atoms with E-state index >= 15 is 0 Å². The van der Waals surface area contributed by atoms with Crippen molar-refractivity contribution in [2.75, 3.05) is 0 Å². The van der Waals surface area contributed by atoms with E-state index < -0.39 is 0 Å². The highest BCUT2D eigenvalue weighted by Gasteiger charge is 2.03. The molecule has 2 rings (SSSR count). The molecule has 0 aliphatic heterocycles. The summed E-state index contributed by atoms with van der Waals surface area (Å²) in [7, 11) is 0. The maximum atomic E-state index is 10.6. The van der Waals surface area contributed by atoms with Crippen LogP contribution in [0.5, 0.6) is 0 Å². The maximum absolute atomic E-state index is 10.6. The number of nitrogens with one attached hydrogen (secondary N) is 1. The smallest absolute Gasteiger partial charge is 0.152 e. The van der Waals surface area contributed by atoms with Gasteiger partial charge in [0.15, 0.2) is 6.29 Å². The number of hydrogen-bond acceptors (Lipinski definition) is 2. The van der Waals surface area contributed by atoms with E-state index in [9.17, 15) is 4.79 Å². The molecule has 0 saturated heterocycles. The first kappa shape index (κ1) is 7.31. The van der Waals surface area contributed by atoms with Crippen LogP contribution in [0.25, 0.3) is 11.0 Å². The van der Waals surface area contributed by atoms with Crippen molar-refractivity contribution >= 4 is 28.9 Å². The van der Waals surface area contributed by atoms with Crippen molar-refractivity contribution in [3.63, 3.8) is 0 Å². The van der Waals surface area contributed by atoms with Gasteiger partial charge in [-0.05, 0) is 12.1 Å². The Morgan fingerprint density at radius 3 is 3.17 bits per heavy atom. The molecule has 0 aromatic carbocycles. The molecule has 2 heterocycles. The molecular weight excluding hydrogens is 176 g/mol. The summed E-state index contributed by atoms with van der Waals surface area (Å²) in [6, 6.07) is 3.31. The van der Waals surface area contributed by atoms with E-state index in [-0.39, 0.29) is 0 Å². The van der Waals surface area contributed by atoms with Gasteiger partial charge in [0.1, 0.15) is 5.15 Å². The van der Waals surface area contributed by atoms with Gasteiger partial charge in [-0.1, -0.05) is 11.6 Å². The van der Waals surface area contributed by atoms with Gasteiger partial charge in [0.25, 0.3) is 0 Å². The molecule has 0 atom stereocenters. The molecule has 0 amide bonds. The number of pyridine rings is 1. The summed E-state index contributed by atoms with van der Waals surface area (Å²) in [5, 5.41) is 0.337. The molecule has 0 aliphatic rings. The Labute approximate surface area is 73.4 Å². The number of aromatic amines is 1. The summed E-state index contributed by atoms with van der Waals surface area (Å²) in [5.74, 6) is 0. The number of carbonyl (C=O) groups is 1. The van der Waals surface area contributed by atoms with Crippen LogP contribution < -0.4 is 0 Å². The van der Waals surface area contributed by atoms with Crippen LogP contribution in [-0.4, -0.2) is 16.3 Å². The molecule has 3 nitrogen and oxygen atoms in total. The summed E-state index contributed by atoms with van der Waals surface area (Å²) in [5.41, 5.74) is 1.98. The molecule has 0 unspecified atom stereocenters. The van der Waals surface area contributed by atoms with Crippen LogP contribution in [-0.2, 0) is 0 Å². The second kappa shape index (κ2) is 2.60. The zero-order chi connectivity index (χ0) is 8.55. The van der Waals surface area contributed by atoms with Crippen LogP contribution in [0.1, 0.15) is 10.4 Å². The van der Waals surface area contributed by atoms with Crippen molar-refractivity contribution < 1.29 is 4.79 Å². The van der Waals surface area contributed by atoms with E-state index in [1.54, 1.807) is 12.3 Å². The van der Waals surface area contributed by atoms with Crippen LogP contribution in [0.2, 0.25) is 5.15 Å². The lowest BCUT2D eigenvalue weighted by Crippen LogP contribution is -1.85. The number of halogens is 1. The number of nitrogens with zero attached hydrogens (tertiary/aromatic N) is 1. The average Bonchev–Trinajstić information content (AvgIpc) is 2.50. The fourth-order valence-electron chi connectivity index (χ4n) is 1.13. The summed E-state index contributed by atoms with van der Waals surface area (Å²) in [4.78, 5) is 17.5. The van der Waals surface area contributed by atoms with E-state index in [2.05, 4.69) is 9.97 Å². The minimum absolute atomic E-state index is 0.337. The van der Waals surface area contributed by atoms with Gasteiger partial charge in [-0.3, -0.25) is 4.79 Å². The molecule has 0 fully saturated rings. The molecule has 1 N–H and O–H groups in total. The van der Waals surface area contributed by atoms with Gasteiger partial charge in [0.2, 0.25) is 0 Å². The van der Waals surface area contributed by atoms with Crippen molar-refractivity contribution in [2.24, 2.45) is 0 Å². The van der Waals surface area contributed by atoms with Crippen LogP contribution in [0, 0.1) is 0 Å². The highest BCUT2D eigenvalue weighted by atomic mass is 35.5. The van der Waals surface area contributed by atoms with E-state index in [1.807, 2.05) is 0 Å². The van der Waals surface area contributed by atoms with E-state index in [4.69, 9.17) is 11.6 Å². The molecule has 0 radical (unpaired) electrons. The van der Waals surface area contributed by atoms with Crippen molar-refractivity contribution in [3.8, 4) is 0 Å². The van der Waals surface area contributed by atoms with E-state index in [1.165, 1.54) is 6.07 Å². The van der Waals surface area contributed by atoms with E-state index in [0.717, 1.165) is 11.8 Å². The van der Waals surface area contributed by atoms with Gasteiger partial charge in [0.05, 0.1) is 11.0 Å². The van der Waals surface area contributed by atoms with Crippen molar-refractivity contribution in [2.45, 2.75) is 0 Å². The van der Waals surface area contributed by atoms with Crippen molar-refractivity contribution in [1.82, 2.24) is 9.97 Å². The fraction of sp³-hybridized carbons (Fsp3) is 0. The molecular formula is C8H5ClN2O. The Morgan fingerprint density at radius 2 is 2.42 bits per heavy atom. The second-order valence-corrected chi connectivity index (χ2v) is 2.78. The number of aromatic nitrogens is 2. The number of fused-ring (bicyclic) bond motifs is 1. The van der Waals surface area contributed by atoms with Crippen molar-refractivity contribution in [1.29, 1.82) is 0 Å². The minimum Gasteiger partial charge on any atom is -0.359 e. The van der Waals surface area contributed by atoms with Gasteiger partial charge in [-0.2, -0.15) is 0 Å². The molecule has 60 valence electrons. The van der Waals surface area contributed by atoms with E-state index in [0.29, 0.717) is 16.2 Å². The second-order valence-electron chi connectivity index (χ2n) is 2.39. The largest absolute Gasteiger partial charge is 0.359 e. The maximum Gasteiger partial charge on any atom is 0.152 e. The molecule has 2 aromatic heterocycles. The molecule has 0 saturated carbocycles. The monoisotopic (exact) mass is 180 g/mol. The van der Waals surface area contributed by atoms with Crippen LogP contribution >= 0.6 is 11.6 Å². The van der Waals surface area contributed by atoms with Gasteiger partial charge in [-0.25, -0.2) is 4.98 Å². The molecule has 4 heteroatoms. The molecule has 12 heavy (non-hydrogen) atoms. The average molecular weight is 181 g/mol. The predicted molar refractivity (Wildman–Crippen MR) is 46.5 cm³/mol. The highest BCUT2D eigenvalue weighted by Crippen LogP contribution is 2.17. The number of aldehydes is 1. The van der Waals surface area contributed by atoms with Crippen LogP contribution in [0.3, 0.4) is 0 Å². The van der Waals surface area contributed by atoms with Crippen LogP contribution in [0.4, 0.5) is 0 Å². The zero-order valence-corrected chi connectivity index (χ0v) is 6.80. The lowest BCUT2D eigenvalue weighted by molar-refractivity contribution is 0.112. The summed E-state index contributed by atoms with van der Waals surface area (Å²) < 4.78 is 0. The number of carbonyl (C=O) groups excluding carboxylic acids is 1. The summed E-state index contributed by atoms with van der Waals surface area (Å²) in [6.45, 7) is 0. The third kappa shape index (κ3) is 0.987. The normalized spacial score (nSPS) is 10.4. The predicted octanol–water partition coefficient (Wildman–Crippen LogP) is 2.03. The Morgan fingerprint density at radius 1 is 1.58 bits per heavy atom. The minimum atomic E-state index is 0.337. The first-order valence-electron chi connectivity index (χ1n) is 3.40. The van der Waals surface area contributed by atoms with Gasteiger partial charge in [0, 0.05) is 11.8 Å². The topological polar surface area (TPSA) is 45.8 Å². The number of hydrogen-bond donors (Lipinski definition) is 1. The number of rotatable bonds is 1. The van der Waals surface area contributed by atoms with Crippen LogP contribution in [0.15, 0.2) is 18.3 Å². The first-order chi connectivity index (χ1) is 5.81. The first-order valence-corrected chi connectivity index (χ1v) is 3.78.